The van der Waals surface area contributed by atoms with Gasteiger partial charge in [-0.25, -0.2) is 4.39 Å². The van der Waals surface area contributed by atoms with Crippen LogP contribution in [0.4, 0.5) is 10.1 Å². The molecule has 1 spiro atoms. The lowest BCUT2D eigenvalue weighted by Crippen LogP contribution is -2.48. The molecule has 8 heteroatoms. The molecule has 1 aliphatic carbocycles. The van der Waals surface area contributed by atoms with Crippen molar-refractivity contribution in [2.45, 2.75) is 18.0 Å². The quantitative estimate of drug-likeness (QED) is 0.187. The molecule has 1 saturated heterocycles. The number of hydrogen-bond donors (Lipinski definition) is 0. The minimum atomic E-state index is -1.68. The van der Waals surface area contributed by atoms with Crippen LogP contribution in [0.3, 0.4) is 0 Å². The summed E-state index contributed by atoms with van der Waals surface area (Å²) >= 11 is 6.35. The summed E-state index contributed by atoms with van der Waals surface area (Å²) in [5.41, 5.74) is 1.19. The van der Waals surface area contributed by atoms with Crippen LogP contribution in [-0.2, 0) is 0 Å². The Morgan fingerprint density at radius 3 is 2.19 bits per heavy atom. The first-order valence-corrected chi connectivity index (χ1v) is 14.2. The Kier molecular flexibility index (Phi) is 6.25. The first-order valence-electron chi connectivity index (χ1n) is 13.8. The van der Waals surface area contributed by atoms with Crippen molar-refractivity contribution in [2.75, 3.05) is 19.1 Å². The normalized spacial score (nSPS) is 21.0. The molecule has 7 rings (SSSR count). The number of hydrogen-bond acceptors (Lipinski definition) is 6. The van der Waals surface area contributed by atoms with E-state index in [0.29, 0.717) is 38.9 Å². The summed E-state index contributed by atoms with van der Waals surface area (Å²) in [6.45, 7) is 0. The molecule has 4 aromatic rings. The van der Waals surface area contributed by atoms with Gasteiger partial charge in [0.1, 0.15) is 17.3 Å². The van der Waals surface area contributed by atoms with E-state index in [0.717, 1.165) is 5.56 Å². The van der Waals surface area contributed by atoms with Gasteiger partial charge in [-0.2, -0.15) is 0 Å². The van der Waals surface area contributed by atoms with Gasteiger partial charge in [0.2, 0.25) is 0 Å². The van der Waals surface area contributed by atoms with E-state index in [-0.39, 0.29) is 22.9 Å². The van der Waals surface area contributed by atoms with Gasteiger partial charge in [0.15, 0.2) is 28.8 Å². The van der Waals surface area contributed by atoms with Crippen molar-refractivity contribution in [3.8, 4) is 11.5 Å². The molecule has 1 fully saturated rings. The van der Waals surface area contributed by atoms with Crippen LogP contribution >= 0.6 is 11.6 Å². The zero-order valence-electron chi connectivity index (χ0n) is 23.2. The molecule has 6 nitrogen and oxygen atoms in total. The van der Waals surface area contributed by atoms with Crippen LogP contribution < -0.4 is 14.4 Å². The van der Waals surface area contributed by atoms with Crippen molar-refractivity contribution in [1.82, 2.24) is 0 Å². The van der Waals surface area contributed by atoms with E-state index in [2.05, 4.69) is 0 Å². The SMILES string of the molecule is COc1ccc([C@@H]2[C@@H](C(=O)c3ccc(F)cc3)N3c4ccc(Cl)cc4C=C[C@H]3C23C(=O)c2ccccc2C3=O)cc1OC. The van der Waals surface area contributed by atoms with Crippen molar-refractivity contribution < 1.29 is 28.2 Å². The summed E-state index contributed by atoms with van der Waals surface area (Å²) in [5, 5.41) is 0.508. The van der Waals surface area contributed by atoms with Crippen LogP contribution in [-0.4, -0.2) is 43.7 Å². The van der Waals surface area contributed by atoms with Gasteiger partial charge in [-0.1, -0.05) is 54.1 Å². The summed E-state index contributed by atoms with van der Waals surface area (Å²) < 4.78 is 25.1. The summed E-state index contributed by atoms with van der Waals surface area (Å²) in [6, 6.07) is 20.8. The molecule has 2 aliphatic heterocycles. The number of halogens is 2. The van der Waals surface area contributed by atoms with E-state index in [1.54, 1.807) is 60.7 Å². The molecule has 43 heavy (non-hydrogen) atoms. The van der Waals surface area contributed by atoms with Gasteiger partial charge in [-0.05, 0) is 65.7 Å². The highest BCUT2D eigenvalue weighted by molar-refractivity contribution is 6.32. The second-order valence-electron chi connectivity index (χ2n) is 10.9. The smallest absolute Gasteiger partial charge is 0.185 e. The van der Waals surface area contributed by atoms with Gasteiger partial charge in [0.05, 0.1) is 20.3 Å². The fourth-order valence-corrected chi connectivity index (χ4v) is 7.33. The van der Waals surface area contributed by atoms with Crippen molar-refractivity contribution in [1.29, 1.82) is 0 Å². The van der Waals surface area contributed by atoms with Crippen LogP contribution in [0.2, 0.25) is 5.02 Å². The van der Waals surface area contributed by atoms with Gasteiger partial charge in [0.25, 0.3) is 0 Å². The van der Waals surface area contributed by atoms with E-state index in [1.165, 1.54) is 38.5 Å². The van der Waals surface area contributed by atoms with E-state index in [4.69, 9.17) is 21.1 Å². The van der Waals surface area contributed by atoms with Crippen molar-refractivity contribution in [2.24, 2.45) is 5.41 Å². The van der Waals surface area contributed by atoms with Gasteiger partial charge in [0, 0.05) is 33.3 Å². The Bertz CT molecular complexity index is 1830. The molecule has 0 bridgehead atoms. The molecule has 0 N–H and O–H groups in total. The number of ketones is 3. The minimum Gasteiger partial charge on any atom is -0.493 e. The molecule has 4 aromatic carbocycles. The molecule has 0 unspecified atom stereocenters. The summed E-state index contributed by atoms with van der Waals surface area (Å²) in [5.74, 6) is -1.62. The molecule has 0 amide bonds. The lowest BCUT2D eigenvalue weighted by molar-refractivity contribution is 0.0665. The minimum absolute atomic E-state index is 0.258. The molecule has 214 valence electrons. The largest absolute Gasteiger partial charge is 0.493 e. The van der Waals surface area contributed by atoms with Crippen LogP contribution in [0.1, 0.15) is 48.1 Å². The Labute approximate surface area is 252 Å². The lowest BCUT2D eigenvalue weighted by atomic mass is 9.64. The van der Waals surface area contributed by atoms with Gasteiger partial charge in [-0.3, -0.25) is 14.4 Å². The average molecular weight is 594 g/mol. The molecule has 0 aromatic heterocycles. The standard InChI is InChI=1S/C35H25ClFNO5/c1-42-27-15-9-21(18-28(27)43-2)30-31(32(39)19-7-12-23(37)13-8-19)38-26-14-11-22(36)17-20(26)10-16-29(38)35(30)33(40)24-5-3-4-6-25(24)34(35)41/h3-18,29-31H,1-2H3/t29-,30+,31-/m0/s1. The summed E-state index contributed by atoms with van der Waals surface area (Å²) in [6.07, 6.45) is 3.68. The number of nitrogens with zero attached hydrogens (tertiary/aromatic N) is 1. The second-order valence-corrected chi connectivity index (χ2v) is 11.3. The molecular weight excluding hydrogens is 569 g/mol. The number of benzene rings is 4. The van der Waals surface area contributed by atoms with E-state index < -0.39 is 29.2 Å². The van der Waals surface area contributed by atoms with Crippen LogP contribution in [0.5, 0.6) is 11.5 Å². The Balaban J connectivity index is 1.55. The van der Waals surface area contributed by atoms with E-state index in [9.17, 15) is 18.8 Å². The molecule has 3 aliphatic rings. The topological polar surface area (TPSA) is 72.9 Å². The zero-order chi connectivity index (χ0) is 30.0. The van der Waals surface area contributed by atoms with Gasteiger partial charge in [-0.15, -0.1) is 0 Å². The fraction of sp³-hybridized carbons (Fsp3) is 0.171. The van der Waals surface area contributed by atoms with Crippen molar-refractivity contribution in [3.05, 3.63) is 130 Å². The number of anilines is 1. The molecular formula is C35H25ClFNO5. The average Bonchev–Trinajstić information content (AvgIpc) is 3.46. The maximum absolute atomic E-state index is 14.7. The number of methoxy groups -OCH3 is 2. The third-order valence-electron chi connectivity index (χ3n) is 8.93. The highest BCUT2D eigenvalue weighted by Gasteiger charge is 2.71. The predicted molar refractivity (Wildman–Crippen MR) is 161 cm³/mol. The maximum atomic E-state index is 14.7. The second kappa shape index (κ2) is 9.92. The molecule has 2 heterocycles. The van der Waals surface area contributed by atoms with E-state index >= 15 is 0 Å². The van der Waals surface area contributed by atoms with Gasteiger partial charge < -0.3 is 14.4 Å². The Morgan fingerprint density at radius 2 is 1.53 bits per heavy atom. The third-order valence-corrected chi connectivity index (χ3v) is 9.16. The number of carbonyl (C=O) groups excluding carboxylic acids is 3. The lowest BCUT2D eigenvalue weighted by Gasteiger charge is -2.37. The summed E-state index contributed by atoms with van der Waals surface area (Å²) in [7, 11) is 3.02. The summed E-state index contributed by atoms with van der Waals surface area (Å²) in [4.78, 5) is 46.0. The highest BCUT2D eigenvalue weighted by Crippen LogP contribution is 2.61. The Hall–Kier alpha value is -4.75. The third kappa shape index (κ3) is 3.74. The monoisotopic (exact) mass is 593 g/mol. The maximum Gasteiger partial charge on any atom is 0.185 e. The van der Waals surface area contributed by atoms with Crippen molar-refractivity contribution in [3.63, 3.8) is 0 Å². The van der Waals surface area contributed by atoms with Gasteiger partial charge >= 0.3 is 0 Å². The van der Waals surface area contributed by atoms with Crippen LogP contribution in [0.25, 0.3) is 6.08 Å². The first-order chi connectivity index (χ1) is 20.8. The van der Waals surface area contributed by atoms with Crippen LogP contribution in [0, 0.1) is 11.2 Å². The first kappa shape index (κ1) is 27.1. The number of rotatable bonds is 5. The molecule has 0 saturated carbocycles. The van der Waals surface area contributed by atoms with Crippen LogP contribution in [0.15, 0.2) is 91.0 Å². The molecule has 3 atom stereocenters. The zero-order valence-corrected chi connectivity index (χ0v) is 24.0. The van der Waals surface area contributed by atoms with E-state index in [1.807, 2.05) is 17.1 Å². The Morgan fingerprint density at radius 1 is 0.860 bits per heavy atom. The number of fused-ring (bicyclic) bond motifs is 5. The number of ether oxygens (including phenoxy) is 2. The molecule has 0 radical (unpaired) electrons. The highest BCUT2D eigenvalue weighted by atomic mass is 35.5. The van der Waals surface area contributed by atoms with Crippen molar-refractivity contribution >= 4 is 40.7 Å². The number of carbonyl (C=O) groups is 3. The fourth-order valence-electron chi connectivity index (χ4n) is 7.15. The number of Topliss-reactive ketones (excluding diaryl/α,β-unsaturated/α-hetero) is 3. The predicted octanol–water partition coefficient (Wildman–Crippen LogP) is 6.81.